The molecule has 3 aliphatic rings. The Kier molecular flexibility index (Phi) is 5.45. The van der Waals surface area contributed by atoms with Gasteiger partial charge in [0.2, 0.25) is 0 Å². The predicted molar refractivity (Wildman–Crippen MR) is 132 cm³/mol. The Hall–Kier alpha value is -3.18. The van der Waals surface area contributed by atoms with E-state index in [1.54, 1.807) is 18.2 Å². The van der Waals surface area contributed by atoms with Crippen molar-refractivity contribution in [3.63, 3.8) is 0 Å². The summed E-state index contributed by atoms with van der Waals surface area (Å²) < 4.78 is 39.0. The summed E-state index contributed by atoms with van der Waals surface area (Å²) in [6.45, 7) is 3.65. The molecular weight excluding hydrogens is 489 g/mol. The topological polar surface area (TPSA) is 86.5 Å². The maximum Gasteiger partial charge on any atom is 0.433 e. The fourth-order valence-electron chi connectivity index (χ4n) is 4.55. The van der Waals surface area contributed by atoms with Crippen LogP contribution in [0.15, 0.2) is 63.2 Å². The zero-order valence-electron chi connectivity index (χ0n) is 19.4. The molecule has 186 valence electrons. The number of nitrogens with one attached hydrogen (secondary N) is 1. The minimum absolute atomic E-state index is 0.270. The van der Waals surface area contributed by atoms with Crippen molar-refractivity contribution < 1.29 is 18.3 Å². The van der Waals surface area contributed by atoms with Crippen LogP contribution in [0.5, 0.6) is 0 Å². The van der Waals surface area contributed by atoms with Crippen LogP contribution >= 0.6 is 11.8 Å². The number of nitrogens with zero attached hydrogens (tertiary/aromatic N) is 5. The lowest BCUT2D eigenvalue weighted by Gasteiger charge is -2.47. The van der Waals surface area contributed by atoms with Crippen molar-refractivity contribution in [1.82, 2.24) is 20.3 Å². The molecule has 2 aliphatic heterocycles. The van der Waals surface area contributed by atoms with Crippen molar-refractivity contribution >= 4 is 40.0 Å². The van der Waals surface area contributed by atoms with E-state index in [1.165, 1.54) is 17.8 Å². The molecular formula is C25H23F3N6OS. The number of aromatic nitrogens is 3. The number of aliphatic hydroxyl groups is 1. The van der Waals surface area contributed by atoms with Crippen molar-refractivity contribution in [3.8, 4) is 0 Å². The molecule has 1 aliphatic carbocycles. The van der Waals surface area contributed by atoms with Gasteiger partial charge in [0.1, 0.15) is 17.1 Å². The summed E-state index contributed by atoms with van der Waals surface area (Å²) in [6, 6.07) is 9.29. The first kappa shape index (κ1) is 23.2. The Balaban J connectivity index is 1.30. The summed E-state index contributed by atoms with van der Waals surface area (Å²) in [5.74, 6) is 1.58. The smallest absolute Gasteiger partial charge is 0.386 e. The summed E-state index contributed by atoms with van der Waals surface area (Å²) >= 11 is 1.31. The van der Waals surface area contributed by atoms with E-state index in [-0.39, 0.29) is 5.52 Å². The van der Waals surface area contributed by atoms with Crippen LogP contribution in [0.3, 0.4) is 0 Å². The molecule has 4 heterocycles. The van der Waals surface area contributed by atoms with Gasteiger partial charge >= 0.3 is 6.18 Å². The molecule has 2 N–H and O–H groups in total. The van der Waals surface area contributed by atoms with Crippen molar-refractivity contribution in [2.24, 2.45) is 10.9 Å². The standard InChI is InChI=1S/C25H23F3N6OS/c1-14-8-17(11-29-14)30-21-10-22(34-12-24(35,13-34)16-3-4-16)33-23(32-21)36-18-5-6-19-15(9-18)2-7-20(31-19)25(26,27)28/h2,5-10,16,29,35H,3-4,11-13H2,1H3. The number of anilines is 1. The van der Waals surface area contributed by atoms with Gasteiger partial charge in [-0.2, -0.15) is 13.2 Å². The molecule has 11 heteroatoms. The van der Waals surface area contributed by atoms with E-state index < -0.39 is 17.5 Å². The third-order valence-corrected chi connectivity index (χ3v) is 7.47. The maximum atomic E-state index is 13.0. The Bertz CT molecular complexity index is 1410. The first-order valence-electron chi connectivity index (χ1n) is 11.7. The number of halogens is 3. The first-order valence-corrected chi connectivity index (χ1v) is 12.5. The van der Waals surface area contributed by atoms with Gasteiger partial charge < -0.3 is 15.3 Å². The van der Waals surface area contributed by atoms with Gasteiger partial charge in [-0.1, -0.05) is 6.07 Å². The molecule has 0 spiro atoms. The highest BCUT2D eigenvalue weighted by atomic mass is 32.2. The highest BCUT2D eigenvalue weighted by Gasteiger charge is 2.52. The Morgan fingerprint density at radius 1 is 1.11 bits per heavy atom. The molecule has 0 bridgehead atoms. The second-order valence-electron chi connectivity index (χ2n) is 9.54. The third-order valence-electron chi connectivity index (χ3n) is 6.62. The lowest BCUT2D eigenvalue weighted by molar-refractivity contribution is -0.140. The average molecular weight is 513 g/mol. The molecule has 1 saturated heterocycles. The Morgan fingerprint density at radius 3 is 2.61 bits per heavy atom. The van der Waals surface area contributed by atoms with Gasteiger partial charge in [-0.3, -0.25) is 0 Å². The average Bonchev–Trinajstić information content (AvgIpc) is 3.58. The molecule has 0 radical (unpaired) electrons. The van der Waals surface area contributed by atoms with E-state index in [9.17, 15) is 18.3 Å². The lowest BCUT2D eigenvalue weighted by Crippen LogP contribution is -2.63. The molecule has 1 saturated carbocycles. The summed E-state index contributed by atoms with van der Waals surface area (Å²) in [6.07, 6.45) is -0.392. The number of allylic oxidation sites excluding steroid dienone is 1. The summed E-state index contributed by atoms with van der Waals surface area (Å²) in [5, 5.41) is 15.1. The zero-order chi connectivity index (χ0) is 25.1. The van der Waals surface area contributed by atoms with Crippen LogP contribution in [0, 0.1) is 5.92 Å². The van der Waals surface area contributed by atoms with Gasteiger partial charge in [0, 0.05) is 22.0 Å². The van der Waals surface area contributed by atoms with Crippen LogP contribution in [-0.2, 0) is 6.18 Å². The summed E-state index contributed by atoms with van der Waals surface area (Å²) in [7, 11) is 0. The van der Waals surface area contributed by atoms with Gasteiger partial charge in [-0.15, -0.1) is 0 Å². The van der Waals surface area contributed by atoms with Crippen molar-refractivity contribution in [1.29, 1.82) is 0 Å². The lowest BCUT2D eigenvalue weighted by atomic mass is 9.89. The third kappa shape index (κ3) is 4.64. The van der Waals surface area contributed by atoms with Crippen LogP contribution in [-0.4, -0.2) is 51.0 Å². The van der Waals surface area contributed by atoms with Crippen LogP contribution in [0.2, 0.25) is 0 Å². The minimum atomic E-state index is -4.49. The molecule has 0 atom stereocenters. The van der Waals surface area contributed by atoms with Gasteiger partial charge in [0.25, 0.3) is 0 Å². The molecule has 3 aromatic rings. The Labute approximate surface area is 209 Å². The molecule has 2 fully saturated rings. The maximum absolute atomic E-state index is 13.0. The van der Waals surface area contributed by atoms with E-state index in [4.69, 9.17) is 4.98 Å². The highest BCUT2D eigenvalue weighted by molar-refractivity contribution is 7.99. The number of fused-ring (bicyclic) bond motifs is 1. The second-order valence-corrected chi connectivity index (χ2v) is 10.6. The van der Waals surface area contributed by atoms with Crippen LogP contribution in [0.1, 0.15) is 25.5 Å². The zero-order valence-corrected chi connectivity index (χ0v) is 20.2. The van der Waals surface area contributed by atoms with E-state index >= 15 is 0 Å². The molecule has 1 aromatic carbocycles. The molecule has 0 amide bonds. The van der Waals surface area contributed by atoms with Crippen LogP contribution < -0.4 is 10.2 Å². The molecule has 2 aromatic heterocycles. The number of hydrogen-bond acceptors (Lipinski definition) is 8. The number of β-amino-alcohol motifs (C(OH)–C–C–N with tert-alkyl or cyclic N) is 1. The number of aliphatic imine (C=N–C) groups is 1. The molecule has 0 unspecified atom stereocenters. The van der Waals surface area contributed by atoms with Gasteiger partial charge in [-0.05, 0) is 67.8 Å². The number of hydrogen-bond donors (Lipinski definition) is 2. The second kappa shape index (κ2) is 8.45. The molecule has 7 nitrogen and oxygen atoms in total. The summed E-state index contributed by atoms with van der Waals surface area (Å²) in [4.78, 5) is 20.6. The monoisotopic (exact) mass is 512 g/mol. The molecule has 6 rings (SSSR count). The van der Waals surface area contributed by atoms with Gasteiger partial charge in [0.15, 0.2) is 11.0 Å². The highest BCUT2D eigenvalue weighted by Crippen LogP contribution is 2.46. The number of rotatable bonds is 5. The van der Waals surface area contributed by atoms with Crippen LogP contribution in [0.4, 0.5) is 24.8 Å². The first-order chi connectivity index (χ1) is 17.1. The number of pyridine rings is 1. The van der Waals surface area contributed by atoms with Gasteiger partial charge in [-0.25, -0.2) is 19.9 Å². The summed E-state index contributed by atoms with van der Waals surface area (Å²) in [5.41, 5.74) is 0.602. The van der Waals surface area contributed by atoms with Gasteiger partial charge in [0.05, 0.1) is 30.9 Å². The fourth-order valence-corrected chi connectivity index (χ4v) is 5.36. The quantitative estimate of drug-likeness (QED) is 0.478. The van der Waals surface area contributed by atoms with Crippen molar-refractivity contribution in [2.75, 3.05) is 24.5 Å². The molecule has 36 heavy (non-hydrogen) atoms. The van der Waals surface area contributed by atoms with E-state index in [0.29, 0.717) is 47.7 Å². The minimum Gasteiger partial charge on any atom is -0.386 e. The number of alkyl halides is 3. The number of benzene rings is 1. The van der Waals surface area contributed by atoms with E-state index in [0.717, 1.165) is 35.2 Å². The largest absolute Gasteiger partial charge is 0.433 e. The fraction of sp³-hybridized carbons (Fsp3) is 0.360. The predicted octanol–water partition coefficient (Wildman–Crippen LogP) is 4.74. The van der Waals surface area contributed by atoms with E-state index in [1.807, 2.05) is 24.0 Å². The van der Waals surface area contributed by atoms with Crippen LogP contribution in [0.25, 0.3) is 10.9 Å². The Morgan fingerprint density at radius 2 is 1.92 bits per heavy atom. The van der Waals surface area contributed by atoms with Crippen molar-refractivity contribution in [3.05, 3.63) is 53.9 Å². The normalized spacial score (nSPS) is 20.4. The SMILES string of the molecule is CC1=CC(=Nc2cc(N3CC(O)(C4CC4)C3)nc(Sc3ccc4nc(C(F)(F)F)ccc4c3)n2)CN1. The van der Waals surface area contributed by atoms with E-state index in [2.05, 4.69) is 20.3 Å². The van der Waals surface area contributed by atoms with Crippen molar-refractivity contribution in [2.45, 2.75) is 41.6 Å².